The van der Waals surface area contributed by atoms with Gasteiger partial charge in [-0.25, -0.2) is 4.39 Å². The van der Waals surface area contributed by atoms with Gasteiger partial charge in [0, 0.05) is 30.4 Å². The first kappa shape index (κ1) is 14.3. The molecule has 2 nitrogen and oxygen atoms in total. The summed E-state index contributed by atoms with van der Waals surface area (Å²) in [5, 5.41) is 0.130. The van der Waals surface area contributed by atoms with E-state index in [9.17, 15) is 9.18 Å². The first-order valence-electron chi connectivity index (χ1n) is 7.01. The molecule has 0 radical (unpaired) electrons. The van der Waals surface area contributed by atoms with E-state index in [1.54, 1.807) is 12.1 Å². The summed E-state index contributed by atoms with van der Waals surface area (Å²) in [6, 6.07) is 6.63. The Morgan fingerprint density at radius 2 is 2.05 bits per heavy atom. The van der Waals surface area contributed by atoms with Crippen LogP contribution in [0.3, 0.4) is 0 Å². The van der Waals surface area contributed by atoms with Crippen molar-refractivity contribution >= 4 is 17.4 Å². The van der Waals surface area contributed by atoms with Crippen LogP contribution in [0.5, 0.6) is 0 Å². The zero-order chi connectivity index (χ0) is 15.2. The van der Waals surface area contributed by atoms with Crippen LogP contribution in [0.15, 0.2) is 30.5 Å². The molecular weight excluding hydrogens is 289 g/mol. The molecule has 110 valence electrons. The molecule has 0 N–H and O–H groups in total. The van der Waals surface area contributed by atoms with Crippen molar-refractivity contribution in [1.82, 2.24) is 4.57 Å². The van der Waals surface area contributed by atoms with Crippen molar-refractivity contribution in [2.75, 3.05) is 0 Å². The lowest BCUT2D eigenvalue weighted by atomic mass is 9.76. The predicted molar refractivity (Wildman–Crippen MR) is 81.4 cm³/mol. The van der Waals surface area contributed by atoms with Crippen LogP contribution in [0.2, 0.25) is 5.02 Å². The number of benzene rings is 1. The van der Waals surface area contributed by atoms with Gasteiger partial charge in [0.1, 0.15) is 5.82 Å². The molecule has 1 aromatic heterocycles. The molecular formula is C17H17ClFNO. The smallest absolute Gasteiger partial charge is 0.165 e. The molecule has 1 aliphatic carbocycles. The van der Waals surface area contributed by atoms with Crippen molar-refractivity contribution in [3.63, 3.8) is 0 Å². The lowest BCUT2D eigenvalue weighted by molar-refractivity contribution is 0.0910. The SMILES string of the molecule is CC1(C)CC(=O)c2ccn(Cc3ccc(F)c(Cl)c3)c2C1. The summed E-state index contributed by atoms with van der Waals surface area (Å²) in [5.41, 5.74) is 2.80. The van der Waals surface area contributed by atoms with E-state index in [0.29, 0.717) is 13.0 Å². The molecule has 0 fully saturated rings. The van der Waals surface area contributed by atoms with Gasteiger partial charge in [-0.3, -0.25) is 4.79 Å². The monoisotopic (exact) mass is 305 g/mol. The first-order valence-corrected chi connectivity index (χ1v) is 7.39. The van der Waals surface area contributed by atoms with Gasteiger partial charge in [0.05, 0.1) is 5.02 Å². The first-order chi connectivity index (χ1) is 9.85. The number of carbonyl (C=O) groups excluding carboxylic acids is 1. The van der Waals surface area contributed by atoms with Gasteiger partial charge in [-0.1, -0.05) is 31.5 Å². The number of carbonyl (C=O) groups is 1. The molecule has 21 heavy (non-hydrogen) atoms. The van der Waals surface area contributed by atoms with E-state index in [2.05, 4.69) is 18.4 Å². The Kier molecular flexibility index (Phi) is 3.40. The Labute approximate surface area is 128 Å². The summed E-state index contributed by atoms with van der Waals surface area (Å²) >= 11 is 5.83. The van der Waals surface area contributed by atoms with Gasteiger partial charge in [0.15, 0.2) is 5.78 Å². The maximum Gasteiger partial charge on any atom is 0.165 e. The van der Waals surface area contributed by atoms with Gasteiger partial charge in [-0.05, 0) is 35.6 Å². The summed E-state index contributed by atoms with van der Waals surface area (Å²) in [6.07, 6.45) is 3.39. The zero-order valence-electron chi connectivity index (χ0n) is 12.1. The van der Waals surface area contributed by atoms with E-state index in [0.717, 1.165) is 23.2 Å². The number of rotatable bonds is 2. The molecule has 1 aromatic carbocycles. The van der Waals surface area contributed by atoms with E-state index in [1.165, 1.54) is 6.07 Å². The molecule has 0 spiro atoms. The zero-order valence-corrected chi connectivity index (χ0v) is 12.9. The molecule has 2 aromatic rings. The Balaban J connectivity index is 1.94. The van der Waals surface area contributed by atoms with E-state index in [4.69, 9.17) is 11.6 Å². The van der Waals surface area contributed by atoms with Gasteiger partial charge >= 0.3 is 0 Å². The third kappa shape index (κ3) is 2.75. The van der Waals surface area contributed by atoms with E-state index in [1.807, 2.05) is 12.3 Å². The summed E-state index contributed by atoms with van der Waals surface area (Å²) in [6.45, 7) is 4.82. The number of Topliss-reactive ketones (excluding diaryl/α,β-unsaturated/α-hetero) is 1. The highest BCUT2D eigenvalue weighted by atomic mass is 35.5. The minimum atomic E-state index is -0.411. The highest BCUT2D eigenvalue weighted by molar-refractivity contribution is 6.30. The Morgan fingerprint density at radius 3 is 2.76 bits per heavy atom. The normalized spacial score (nSPS) is 16.9. The average molecular weight is 306 g/mol. The van der Waals surface area contributed by atoms with Crippen LogP contribution >= 0.6 is 11.6 Å². The molecule has 0 aliphatic heterocycles. The lowest BCUT2D eigenvalue weighted by Crippen LogP contribution is -2.28. The summed E-state index contributed by atoms with van der Waals surface area (Å²) in [7, 11) is 0. The third-order valence-electron chi connectivity index (χ3n) is 4.00. The van der Waals surface area contributed by atoms with Crippen molar-refractivity contribution in [2.24, 2.45) is 5.41 Å². The van der Waals surface area contributed by atoms with Crippen molar-refractivity contribution < 1.29 is 9.18 Å². The van der Waals surface area contributed by atoms with Crippen molar-refractivity contribution in [1.29, 1.82) is 0 Å². The van der Waals surface area contributed by atoms with Crippen molar-refractivity contribution in [3.8, 4) is 0 Å². The predicted octanol–water partition coefficient (Wildman–Crippen LogP) is 4.48. The van der Waals surface area contributed by atoms with Crippen molar-refractivity contribution in [3.05, 3.63) is 58.1 Å². The second-order valence-corrected chi connectivity index (χ2v) is 6.90. The Bertz CT molecular complexity index is 718. The maximum atomic E-state index is 13.2. The maximum absolute atomic E-state index is 13.2. The Morgan fingerprint density at radius 1 is 1.29 bits per heavy atom. The number of hydrogen-bond donors (Lipinski definition) is 0. The van der Waals surface area contributed by atoms with Crippen LogP contribution in [-0.4, -0.2) is 10.4 Å². The summed E-state index contributed by atoms with van der Waals surface area (Å²) in [5.74, 6) is -0.205. The van der Waals surface area contributed by atoms with Crippen LogP contribution in [0.1, 0.15) is 41.9 Å². The second kappa shape index (κ2) is 4.99. The molecule has 0 bridgehead atoms. The lowest BCUT2D eigenvalue weighted by Gasteiger charge is -2.29. The molecule has 0 atom stereocenters. The van der Waals surface area contributed by atoms with Crippen LogP contribution in [0, 0.1) is 11.2 Å². The van der Waals surface area contributed by atoms with Gasteiger partial charge in [0.2, 0.25) is 0 Å². The number of aromatic nitrogens is 1. The minimum absolute atomic E-state index is 0.0133. The number of ketones is 1. The van der Waals surface area contributed by atoms with Gasteiger partial charge in [-0.15, -0.1) is 0 Å². The highest BCUT2D eigenvalue weighted by Crippen LogP contribution is 2.35. The largest absolute Gasteiger partial charge is 0.346 e. The van der Waals surface area contributed by atoms with Gasteiger partial charge in [-0.2, -0.15) is 0 Å². The van der Waals surface area contributed by atoms with Crippen LogP contribution in [0.25, 0.3) is 0 Å². The van der Waals surface area contributed by atoms with Crippen LogP contribution < -0.4 is 0 Å². The van der Waals surface area contributed by atoms with E-state index < -0.39 is 5.82 Å². The standard InChI is InChI=1S/C17H17ClFNO/c1-17(2)8-15-12(16(21)9-17)5-6-20(15)10-11-3-4-14(19)13(18)7-11/h3-7H,8-10H2,1-2H3. The quantitative estimate of drug-likeness (QED) is 0.801. The molecule has 0 saturated carbocycles. The summed E-state index contributed by atoms with van der Waals surface area (Å²) < 4.78 is 15.3. The fraction of sp³-hybridized carbons (Fsp3) is 0.353. The fourth-order valence-electron chi connectivity index (χ4n) is 2.98. The minimum Gasteiger partial charge on any atom is -0.346 e. The topological polar surface area (TPSA) is 22.0 Å². The van der Waals surface area contributed by atoms with Gasteiger partial charge < -0.3 is 4.57 Å². The molecule has 4 heteroatoms. The van der Waals surface area contributed by atoms with E-state index >= 15 is 0 Å². The Hall–Kier alpha value is -1.61. The number of nitrogens with zero attached hydrogens (tertiary/aromatic N) is 1. The number of halogens is 2. The van der Waals surface area contributed by atoms with Crippen LogP contribution in [-0.2, 0) is 13.0 Å². The van der Waals surface area contributed by atoms with Gasteiger partial charge in [0.25, 0.3) is 0 Å². The second-order valence-electron chi connectivity index (χ2n) is 6.49. The average Bonchev–Trinajstić information content (AvgIpc) is 2.76. The highest BCUT2D eigenvalue weighted by Gasteiger charge is 2.32. The number of fused-ring (bicyclic) bond motifs is 1. The molecule has 0 saturated heterocycles. The third-order valence-corrected chi connectivity index (χ3v) is 4.29. The molecule has 1 heterocycles. The van der Waals surface area contributed by atoms with E-state index in [-0.39, 0.29) is 16.2 Å². The molecule has 0 unspecified atom stereocenters. The number of hydrogen-bond acceptors (Lipinski definition) is 1. The molecule has 3 rings (SSSR count). The van der Waals surface area contributed by atoms with Crippen molar-refractivity contribution in [2.45, 2.75) is 33.2 Å². The van der Waals surface area contributed by atoms with Crippen LogP contribution in [0.4, 0.5) is 4.39 Å². The molecule has 1 aliphatic rings. The summed E-state index contributed by atoms with van der Waals surface area (Å²) in [4.78, 5) is 12.2. The molecule has 0 amide bonds. The fourth-order valence-corrected chi connectivity index (χ4v) is 3.19.